The van der Waals surface area contributed by atoms with Gasteiger partial charge in [0, 0.05) is 19.1 Å². The van der Waals surface area contributed by atoms with Crippen LogP contribution in [-0.4, -0.2) is 18.7 Å². The minimum Gasteiger partial charge on any atom is -0.369 e. The molecular weight excluding hydrogens is 282 g/mol. The second-order valence-corrected chi connectivity index (χ2v) is 5.88. The minimum absolute atomic E-state index is 0.113. The van der Waals surface area contributed by atoms with E-state index in [9.17, 15) is 9.59 Å². The number of nitrogens with zero attached hydrogens (tertiary/aromatic N) is 4. The van der Waals surface area contributed by atoms with Gasteiger partial charge >= 0.3 is 5.69 Å². The van der Waals surface area contributed by atoms with E-state index < -0.39 is 0 Å². The van der Waals surface area contributed by atoms with Crippen molar-refractivity contribution in [2.24, 2.45) is 0 Å². The van der Waals surface area contributed by atoms with E-state index in [-0.39, 0.29) is 17.3 Å². The summed E-state index contributed by atoms with van der Waals surface area (Å²) in [5.74, 6) is 0.299. The molecule has 0 aromatic carbocycles. The van der Waals surface area contributed by atoms with E-state index in [2.05, 4.69) is 4.98 Å². The molecule has 0 saturated heterocycles. The maximum absolute atomic E-state index is 12.8. The molecule has 2 aromatic heterocycles. The topological polar surface area (TPSA) is 87.8 Å². The first-order valence-corrected chi connectivity index (χ1v) is 8.11. The fraction of sp³-hybridized carbons (Fsp3) is 0.667. The van der Waals surface area contributed by atoms with Crippen LogP contribution in [0.2, 0.25) is 0 Å². The summed E-state index contributed by atoms with van der Waals surface area (Å²) < 4.78 is 4.70. The lowest BCUT2D eigenvalue weighted by Gasteiger charge is -2.24. The second kappa shape index (κ2) is 5.62. The van der Waals surface area contributed by atoms with Crippen molar-refractivity contribution in [2.75, 3.05) is 5.73 Å². The number of aromatic nitrogens is 4. The fourth-order valence-corrected chi connectivity index (χ4v) is 3.54. The van der Waals surface area contributed by atoms with Gasteiger partial charge in [-0.25, -0.2) is 4.79 Å². The van der Waals surface area contributed by atoms with Gasteiger partial charge in [0.25, 0.3) is 5.56 Å². The maximum atomic E-state index is 12.8. The monoisotopic (exact) mass is 305 g/mol. The third-order valence-corrected chi connectivity index (χ3v) is 4.66. The average molecular weight is 305 g/mol. The van der Waals surface area contributed by atoms with Crippen LogP contribution >= 0.6 is 0 Å². The van der Waals surface area contributed by atoms with Gasteiger partial charge in [0.15, 0.2) is 11.2 Å². The molecule has 0 unspecified atom stereocenters. The molecule has 0 atom stereocenters. The van der Waals surface area contributed by atoms with Crippen molar-refractivity contribution in [3.63, 3.8) is 0 Å². The Morgan fingerprint density at radius 2 is 1.73 bits per heavy atom. The predicted molar refractivity (Wildman–Crippen MR) is 86.1 cm³/mol. The maximum Gasteiger partial charge on any atom is 0.332 e. The van der Waals surface area contributed by atoms with Crippen molar-refractivity contribution < 1.29 is 0 Å². The number of anilines is 1. The molecule has 0 radical (unpaired) electrons. The van der Waals surface area contributed by atoms with Gasteiger partial charge in [-0.05, 0) is 26.7 Å². The van der Waals surface area contributed by atoms with E-state index in [4.69, 9.17) is 5.73 Å². The first-order chi connectivity index (χ1) is 10.6. The smallest absolute Gasteiger partial charge is 0.332 e. The van der Waals surface area contributed by atoms with Crippen LogP contribution in [0.1, 0.15) is 52.0 Å². The first kappa shape index (κ1) is 14.9. The summed E-state index contributed by atoms with van der Waals surface area (Å²) in [6, 6.07) is 0.113. The average Bonchev–Trinajstić information content (AvgIpc) is 2.85. The van der Waals surface area contributed by atoms with E-state index in [1.54, 1.807) is 9.13 Å². The molecule has 2 aromatic rings. The SMILES string of the molecule is CCn1c(=O)c2c(nc(N)n2CC)n(C2CCCCC2)c1=O. The Labute approximate surface area is 128 Å². The number of hydrogen-bond acceptors (Lipinski definition) is 4. The number of nitrogens with two attached hydrogens (primary N) is 1. The van der Waals surface area contributed by atoms with Crippen molar-refractivity contribution in [3.05, 3.63) is 20.8 Å². The Balaban J connectivity index is 2.39. The molecule has 0 amide bonds. The Kier molecular flexibility index (Phi) is 3.80. The van der Waals surface area contributed by atoms with Crippen LogP contribution < -0.4 is 17.0 Å². The van der Waals surface area contributed by atoms with Crippen LogP contribution in [0.4, 0.5) is 5.95 Å². The Morgan fingerprint density at radius 1 is 1.09 bits per heavy atom. The van der Waals surface area contributed by atoms with Gasteiger partial charge in [-0.3, -0.25) is 13.9 Å². The molecule has 3 rings (SSSR count). The predicted octanol–water partition coefficient (Wildman–Crippen LogP) is 1.49. The number of imidazole rings is 1. The molecule has 2 heterocycles. The third-order valence-electron chi connectivity index (χ3n) is 4.66. The second-order valence-electron chi connectivity index (χ2n) is 5.88. The van der Waals surface area contributed by atoms with Crippen molar-refractivity contribution >= 4 is 17.1 Å². The lowest BCUT2D eigenvalue weighted by Crippen LogP contribution is -2.42. The zero-order valence-corrected chi connectivity index (χ0v) is 13.2. The minimum atomic E-state index is -0.291. The molecule has 7 nitrogen and oxygen atoms in total. The molecule has 1 aliphatic carbocycles. The van der Waals surface area contributed by atoms with Crippen molar-refractivity contribution in [1.29, 1.82) is 0 Å². The molecular formula is C15H23N5O2. The zero-order valence-electron chi connectivity index (χ0n) is 13.2. The van der Waals surface area contributed by atoms with E-state index in [0.29, 0.717) is 30.2 Å². The molecule has 0 bridgehead atoms. The van der Waals surface area contributed by atoms with Gasteiger partial charge in [-0.15, -0.1) is 0 Å². The first-order valence-electron chi connectivity index (χ1n) is 8.11. The number of nitrogen functional groups attached to an aromatic ring is 1. The van der Waals surface area contributed by atoms with Gasteiger partial charge in [-0.1, -0.05) is 19.3 Å². The summed E-state index contributed by atoms with van der Waals surface area (Å²) in [6.45, 7) is 4.65. The Morgan fingerprint density at radius 3 is 2.32 bits per heavy atom. The highest BCUT2D eigenvalue weighted by atomic mass is 16.2. The summed E-state index contributed by atoms with van der Waals surface area (Å²) in [5.41, 5.74) is 6.31. The van der Waals surface area contributed by atoms with E-state index in [1.165, 1.54) is 11.0 Å². The normalized spacial score (nSPS) is 16.5. The van der Waals surface area contributed by atoms with Crippen molar-refractivity contribution in [3.8, 4) is 0 Å². The molecule has 22 heavy (non-hydrogen) atoms. The summed E-state index contributed by atoms with van der Waals surface area (Å²) in [6.07, 6.45) is 5.32. The Hall–Kier alpha value is -2.05. The molecule has 1 fully saturated rings. The molecule has 1 saturated carbocycles. The van der Waals surface area contributed by atoms with Crippen molar-refractivity contribution in [2.45, 2.75) is 65.1 Å². The van der Waals surface area contributed by atoms with Crippen LogP contribution in [0.5, 0.6) is 0 Å². The highest BCUT2D eigenvalue weighted by Crippen LogP contribution is 2.29. The largest absolute Gasteiger partial charge is 0.369 e. The number of fused-ring (bicyclic) bond motifs is 1. The van der Waals surface area contributed by atoms with E-state index >= 15 is 0 Å². The molecule has 1 aliphatic rings. The van der Waals surface area contributed by atoms with Gasteiger partial charge in [-0.2, -0.15) is 4.98 Å². The molecule has 0 spiro atoms. The van der Waals surface area contributed by atoms with E-state index in [1.807, 2.05) is 13.8 Å². The van der Waals surface area contributed by atoms with Gasteiger partial charge in [0.05, 0.1) is 0 Å². The summed E-state index contributed by atoms with van der Waals surface area (Å²) >= 11 is 0. The quantitative estimate of drug-likeness (QED) is 0.930. The lowest BCUT2D eigenvalue weighted by molar-refractivity contribution is 0.343. The standard InChI is InChI=1S/C15H23N5O2/c1-3-18-11-12(17-14(18)16)20(10-8-6-5-7-9-10)15(22)19(4-2)13(11)21/h10H,3-9H2,1-2H3,(H2,16,17). The van der Waals surface area contributed by atoms with Crippen LogP contribution in [0.25, 0.3) is 11.2 Å². The third kappa shape index (κ3) is 2.07. The molecule has 0 aliphatic heterocycles. The van der Waals surface area contributed by atoms with E-state index in [0.717, 1.165) is 25.7 Å². The molecule has 7 heteroatoms. The number of aryl methyl sites for hydroxylation is 1. The summed E-state index contributed by atoms with van der Waals surface area (Å²) in [5, 5.41) is 0. The molecule has 2 N–H and O–H groups in total. The van der Waals surface area contributed by atoms with Crippen molar-refractivity contribution in [1.82, 2.24) is 18.7 Å². The van der Waals surface area contributed by atoms with Crippen LogP contribution in [0.3, 0.4) is 0 Å². The Bertz CT molecular complexity index is 808. The molecule has 120 valence electrons. The fourth-order valence-electron chi connectivity index (χ4n) is 3.54. The summed E-state index contributed by atoms with van der Waals surface area (Å²) in [4.78, 5) is 29.8. The van der Waals surface area contributed by atoms with Crippen LogP contribution in [-0.2, 0) is 13.1 Å². The van der Waals surface area contributed by atoms with Gasteiger partial charge in [0.2, 0.25) is 5.95 Å². The van der Waals surface area contributed by atoms with Crippen LogP contribution in [0.15, 0.2) is 9.59 Å². The summed E-state index contributed by atoms with van der Waals surface area (Å²) in [7, 11) is 0. The van der Waals surface area contributed by atoms with Crippen LogP contribution in [0, 0.1) is 0 Å². The lowest BCUT2D eigenvalue weighted by atomic mass is 9.95. The number of hydrogen-bond donors (Lipinski definition) is 1. The highest BCUT2D eigenvalue weighted by molar-refractivity contribution is 5.74. The zero-order chi connectivity index (χ0) is 15.9. The highest BCUT2D eigenvalue weighted by Gasteiger charge is 2.25. The number of rotatable bonds is 3. The van der Waals surface area contributed by atoms with Gasteiger partial charge in [0.1, 0.15) is 0 Å². The van der Waals surface area contributed by atoms with Gasteiger partial charge < -0.3 is 10.3 Å².